The third-order valence-corrected chi connectivity index (χ3v) is 7.60. The first kappa shape index (κ1) is 41.5. The Labute approximate surface area is 264 Å². The molecular formula is C30H53N3O12. The van der Waals surface area contributed by atoms with Crippen molar-refractivity contribution in [2.45, 2.75) is 129 Å². The maximum Gasteiger partial charge on any atom is 0.326 e. The standard InChI is InChI=1S/C30H53N3O12/c1-6-30(5,43)20(2)27(41)44-18-19-45-29(3,4)16-10-7-8-13-23(34)31-17-11-9-12-21(25(37)38)32-28(42)33-22(26(39)40)14-15-24(35)36/h20-22,43H,6-19H2,1-5H3,(H,31,34)(H,35,36)(H,37,38)(H,39,40)(H2,32,33,42)/t20?,21-,22-,30?/m0/s1. The number of amides is 3. The number of nitrogens with one attached hydrogen (secondary N) is 3. The predicted octanol–water partition coefficient (Wildman–Crippen LogP) is 2.43. The molecule has 4 atom stereocenters. The van der Waals surface area contributed by atoms with E-state index < -0.39 is 65.5 Å². The third-order valence-electron chi connectivity index (χ3n) is 7.60. The Morgan fingerprint density at radius 3 is 1.93 bits per heavy atom. The smallest absolute Gasteiger partial charge is 0.326 e. The second-order valence-electron chi connectivity index (χ2n) is 11.9. The summed E-state index contributed by atoms with van der Waals surface area (Å²) >= 11 is 0. The molecule has 0 bridgehead atoms. The minimum absolute atomic E-state index is 0.0475. The predicted molar refractivity (Wildman–Crippen MR) is 162 cm³/mol. The zero-order chi connectivity index (χ0) is 34.6. The number of aliphatic carboxylic acids is 3. The lowest BCUT2D eigenvalue weighted by atomic mass is 9.88. The number of esters is 1. The fourth-order valence-corrected chi connectivity index (χ4v) is 4.16. The lowest BCUT2D eigenvalue weighted by molar-refractivity contribution is -0.160. The highest BCUT2D eigenvalue weighted by molar-refractivity contribution is 5.86. The molecule has 15 nitrogen and oxygen atoms in total. The molecular weight excluding hydrogens is 594 g/mol. The van der Waals surface area contributed by atoms with Gasteiger partial charge in [0, 0.05) is 19.4 Å². The van der Waals surface area contributed by atoms with E-state index >= 15 is 0 Å². The molecule has 0 aliphatic rings. The number of rotatable bonds is 25. The molecule has 0 aromatic rings. The first-order chi connectivity index (χ1) is 20.9. The van der Waals surface area contributed by atoms with Gasteiger partial charge in [-0.2, -0.15) is 0 Å². The van der Waals surface area contributed by atoms with Crippen LogP contribution in [0.2, 0.25) is 0 Å². The van der Waals surface area contributed by atoms with Gasteiger partial charge in [0.1, 0.15) is 18.7 Å². The van der Waals surface area contributed by atoms with Gasteiger partial charge < -0.3 is 45.9 Å². The highest BCUT2D eigenvalue weighted by Crippen LogP contribution is 2.22. The summed E-state index contributed by atoms with van der Waals surface area (Å²) in [6, 6.07) is -3.79. The molecule has 0 saturated heterocycles. The second kappa shape index (κ2) is 21.3. The summed E-state index contributed by atoms with van der Waals surface area (Å²) in [5, 5.41) is 44.4. The molecule has 15 heteroatoms. The number of carboxylic acids is 3. The van der Waals surface area contributed by atoms with E-state index in [4.69, 9.17) is 19.7 Å². The first-order valence-electron chi connectivity index (χ1n) is 15.5. The number of unbranched alkanes of at least 4 members (excludes halogenated alkanes) is 3. The van der Waals surface area contributed by atoms with Crippen LogP contribution in [-0.2, 0) is 33.4 Å². The van der Waals surface area contributed by atoms with E-state index in [1.807, 2.05) is 13.8 Å². The van der Waals surface area contributed by atoms with Crippen LogP contribution >= 0.6 is 0 Å². The lowest BCUT2D eigenvalue weighted by Gasteiger charge is -2.28. The molecule has 0 aromatic carbocycles. The van der Waals surface area contributed by atoms with Crippen LogP contribution in [-0.4, -0.2) is 99.3 Å². The van der Waals surface area contributed by atoms with Gasteiger partial charge in [-0.1, -0.05) is 19.8 Å². The molecule has 0 fully saturated rings. The molecule has 0 heterocycles. The van der Waals surface area contributed by atoms with Crippen LogP contribution in [0, 0.1) is 5.92 Å². The highest BCUT2D eigenvalue weighted by Gasteiger charge is 2.33. The molecule has 0 rings (SSSR count). The Bertz CT molecular complexity index is 970. The highest BCUT2D eigenvalue weighted by atomic mass is 16.6. The number of ether oxygens (including phenoxy) is 2. The number of hydrogen-bond donors (Lipinski definition) is 7. The number of carbonyl (C=O) groups is 6. The van der Waals surface area contributed by atoms with Gasteiger partial charge in [-0.3, -0.25) is 14.4 Å². The molecule has 45 heavy (non-hydrogen) atoms. The van der Waals surface area contributed by atoms with Crippen molar-refractivity contribution in [3.05, 3.63) is 0 Å². The summed E-state index contributed by atoms with van der Waals surface area (Å²) in [5.74, 6) is -5.21. The van der Waals surface area contributed by atoms with Gasteiger partial charge in [0.2, 0.25) is 5.91 Å². The summed E-state index contributed by atoms with van der Waals surface area (Å²) in [5.41, 5.74) is -1.55. The zero-order valence-corrected chi connectivity index (χ0v) is 27.2. The van der Waals surface area contributed by atoms with Crippen LogP contribution in [0.4, 0.5) is 4.79 Å². The molecule has 0 aliphatic heterocycles. The van der Waals surface area contributed by atoms with Crippen molar-refractivity contribution in [2.24, 2.45) is 5.92 Å². The largest absolute Gasteiger partial charge is 0.481 e. The minimum Gasteiger partial charge on any atom is -0.481 e. The van der Waals surface area contributed by atoms with Crippen LogP contribution in [0.5, 0.6) is 0 Å². The van der Waals surface area contributed by atoms with E-state index in [2.05, 4.69) is 16.0 Å². The molecule has 0 aliphatic carbocycles. The fourth-order valence-electron chi connectivity index (χ4n) is 4.16. The van der Waals surface area contributed by atoms with Gasteiger partial charge in [-0.15, -0.1) is 0 Å². The van der Waals surface area contributed by atoms with Crippen LogP contribution in [0.1, 0.15) is 105 Å². The maximum absolute atomic E-state index is 12.1. The van der Waals surface area contributed by atoms with Crippen molar-refractivity contribution < 1.29 is 58.7 Å². The topological polar surface area (TPSA) is 238 Å². The zero-order valence-electron chi connectivity index (χ0n) is 27.2. The van der Waals surface area contributed by atoms with Gasteiger partial charge in [0.15, 0.2) is 0 Å². The number of urea groups is 1. The third kappa shape index (κ3) is 19.5. The SMILES string of the molecule is CCC(C)(O)C(C)C(=O)OCCOC(C)(C)CCCCCC(=O)NCCCC[C@H](NC(=O)N[C@@H](CCC(=O)O)C(=O)O)C(=O)O. The average Bonchev–Trinajstić information content (AvgIpc) is 2.95. The average molecular weight is 648 g/mol. The van der Waals surface area contributed by atoms with E-state index in [0.29, 0.717) is 38.6 Å². The van der Waals surface area contributed by atoms with Crippen molar-refractivity contribution in [1.82, 2.24) is 16.0 Å². The van der Waals surface area contributed by atoms with Crippen LogP contribution in [0.3, 0.4) is 0 Å². The molecule has 0 spiro atoms. The van der Waals surface area contributed by atoms with Gasteiger partial charge in [-0.05, 0) is 72.6 Å². The molecule has 7 N–H and O–H groups in total. The Kier molecular flexibility index (Phi) is 19.7. The Hall–Kier alpha value is -3.46. The quantitative estimate of drug-likeness (QED) is 0.0559. The number of aliphatic hydroxyl groups is 1. The molecule has 0 radical (unpaired) electrons. The van der Waals surface area contributed by atoms with Crippen LogP contribution < -0.4 is 16.0 Å². The van der Waals surface area contributed by atoms with E-state index in [9.17, 15) is 39.0 Å². The fraction of sp³-hybridized carbons (Fsp3) is 0.800. The van der Waals surface area contributed by atoms with Gasteiger partial charge in [0.25, 0.3) is 0 Å². The van der Waals surface area contributed by atoms with Gasteiger partial charge >= 0.3 is 29.9 Å². The van der Waals surface area contributed by atoms with Gasteiger partial charge in [-0.25, -0.2) is 14.4 Å². The van der Waals surface area contributed by atoms with Crippen molar-refractivity contribution in [3.63, 3.8) is 0 Å². The van der Waals surface area contributed by atoms with Crippen molar-refractivity contribution in [1.29, 1.82) is 0 Å². The normalized spacial score (nSPS) is 14.7. The first-order valence-corrected chi connectivity index (χ1v) is 15.5. The maximum atomic E-state index is 12.1. The Morgan fingerprint density at radius 1 is 0.778 bits per heavy atom. The minimum atomic E-state index is -1.48. The molecule has 3 amide bonds. The van der Waals surface area contributed by atoms with Crippen molar-refractivity contribution >= 4 is 35.8 Å². The van der Waals surface area contributed by atoms with Crippen LogP contribution in [0.25, 0.3) is 0 Å². The van der Waals surface area contributed by atoms with Crippen LogP contribution in [0.15, 0.2) is 0 Å². The number of carbonyl (C=O) groups excluding carboxylic acids is 3. The van der Waals surface area contributed by atoms with Gasteiger partial charge in [0.05, 0.1) is 23.7 Å². The van der Waals surface area contributed by atoms with E-state index in [0.717, 1.165) is 19.3 Å². The van der Waals surface area contributed by atoms with E-state index in [1.54, 1.807) is 20.8 Å². The molecule has 2 unspecified atom stereocenters. The van der Waals surface area contributed by atoms with E-state index in [1.165, 1.54) is 0 Å². The molecule has 0 saturated carbocycles. The monoisotopic (exact) mass is 647 g/mol. The van der Waals surface area contributed by atoms with E-state index in [-0.39, 0.29) is 32.0 Å². The Morgan fingerprint density at radius 2 is 1.38 bits per heavy atom. The second-order valence-corrected chi connectivity index (χ2v) is 11.9. The summed E-state index contributed by atoms with van der Waals surface area (Å²) in [4.78, 5) is 69.6. The van der Waals surface area contributed by atoms with Crippen molar-refractivity contribution in [2.75, 3.05) is 19.8 Å². The summed E-state index contributed by atoms with van der Waals surface area (Å²) in [7, 11) is 0. The summed E-state index contributed by atoms with van der Waals surface area (Å²) in [6.45, 7) is 9.58. The molecule has 260 valence electrons. The summed E-state index contributed by atoms with van der Waals surface area (Å²) < 4.78 is 11.1. The van der Waals surface area contributed by atoms with Crippen molar-refractivity contribution in [3.8, 4) is 0 Å². The molecule has 0 aromatic heterocycles. The number of carboxylic acid groups (broad SMARTS) is 3. The summed E-state index contributed by atoms with van der Waals surface area (Å²) in [6.07, 6.45) is 3.89. The number of hydrogen-bond acceptors (Lipinski definition) is 9. The lowest BCUT2D eigenvalue weighted by Crippen LogP contribution is -2.51. The Balaban J connectivity index is 4.15.